The Morgan fingerprint density at radius 1 is 1.30 bits per heavy atom. The molecule has 1 saturated heterocycles. The molecule has 0 radical (unpaired) electrons. The second kappa shape index (κ2) is 6.37. The molecule has 2 rings (SSSR count). The minimum absolute atomic E-state index is 0.0887. The Balaban J connectivity index is 2.32. The predicted molar refractivity (Wildman–Crippen MR) is 76.3 cm³/mol. The van der Waals surface area contributed by atoms with Crippen LogP contribution >= 0.6 is 0 Å². The molecule has 0 spiro atoms. The van der Waals surface area contributed by atoms with E-state index in [1.807, 2.05) is 0 Å². The van der Waals surface area contributed by atoms with Crippen LogP contribution in [0.1, 0.15) is 17.3 Å². The van der Waals surface area contributed by atoms with E-state index in [2.05, 4.69) is 4.74 Å². The SMILES string of the molecule is COC(=O)c1ccc(N2CCOC(C)(C(F)(F)F)C2OC)cc1. The summed E-state index contributed by atoms with van der Waals surface area (Å²) >= 11 is 0. The molecule has 1 aliphatic heterocycles. The summed E-state index contributed by atoms with van der Waals surface area (Å²) in [6, 6.07) is 6.10. The van der Waals surface area contributed by atoms with Gasteiger partial charge < -0.3 is 19.1 Å². The predicted octanol–water partition coefficient (Wildman–Crippen LogP) is 2.60. The van der Waals surface area contributed by atoms with Gasteiger partial charge in [-0.3, -0.25) is 0 Å². The number of benzene rings is 1. The number of halogens is 3. The third-order valence-electron chi connectivity index (χ3n) is 3.89. The van der Waals surface area contributed by atoms with Gasteiger partial charge in [-0.05, 0) is 31.2 Å². The third-order valence-corrected chi connectivity index (χ3v) is 3.89. The molecular formula is C15H18F3NO4. The maximum absolute atomic E-state index is 13.4. The van der Waals surface area contributed by atoms with Gasteiger partial charge in [-0.15, -0.1) is 0 Å². The van der Waals surface area contributed by atoms with Crippen molar-refractivity contribution < 1.29 is 32.2 Å². The molecule has 0 N–H and O–H groups in total. The molecule has 1 aliphatic rings. The van der Waals surface area contributed by atoms with Gasteiger partial charge in [-0.1, -0.05) is 0 Å². The van der Waals surface area contributed by atoms with Crippen LogP contribution in [-0.2, 0) is 14.2 Å². The van der Waals surface area contributed by atoms with Gasteiger partial charge in [-0.2, -0.15) is 13.2 Å². The largest absolute Gasteiger partial charge is 0.465 e. The highest BCUT2D eigenvalue weighted by atomic mass is 19.4. The van der Waals surface area contributed by atoms with E-state index >= 15 is 0 Å². The number of carbonyl (C=O) groups is 1. The van der Waals surface area contributed by atoms with Gasteiger partial charge in [0.05, 0.1) is 19.3 Å². The summed E-state index contributed by atoms with van der Waals surface area (Å²) < 4.78 is 54.8. The summed E-state index contributed by atoms with van der Waals surface area (Å²) in [5.74, 6) is -0.512. The number of ether oxygens (including phenoxy) is 3. The minimum atomic E-state index is -4.59. The number of carbonyl (C=O) groups excluding carboxylic acids is 1. The maximum Gasteiger partial charge on any atom is 0.421 e. The van der Waals surface area contributed by atoms with E-state index in [1.165, 1.54) is 31.3 Å². The van der Waals surface area contributed by atoms with Crippen LogP contribution in [0.4, 0.5) is 18.9 Å². The Labute approximate surface area is 131 Å². The number of methoxy groups -OCH3 is 2. The van der Waals surface area contributed by atoms with Crippen LogP contribution in [0.5, 0.6) is 0 Å². The minimum Gasteiger partial charge on any atom is -0.465 e. The van der Waals surface area contributed by atoms with Gasteiger partial charge in [0.15, 0.2) is 6.23 Å². The molecule has 128 valence electrons. The number of anilines is 1. The van der Waals surface area contributed by atoms with Gasteiger partial charge in [0, 0.05) is 19.3 Å². The van der Waals surface area contributed by atoms with Crippen molar-refractivity contribution in [1.82, 2.24) is 0 Å². The van der Waals surface area contributed by atoms with Gasteiger partial charge in [0.1, 0.15) is 0 Å². The fraction of sp³-hybridized carbons (Fsp3) is 0.533. The number of nitrogens with zero attached hydrogens (tertiary/aromatic N) is 1. The summed E-state index contributed by atoms with van der Waals surface area (Å²) in [5, 5.41) is 0. The van der Waals surface area contributed by atoms with E-state index in [0.717, 1.165) is 6.92 Å². The second-order valence-electron chi connectivity index (χ2n) is 5.27. The van der Waals surface area contributed by atoms with Crippen LogP contribution < -0.4 is 4.90 Å². The first-order valence-electron chi connectivity index (χ1n) is 6.93. The first-order chi connectivity index (χ1) is 10.7. The molecule has 1 heterocycles. The zero-order valence-electron chi connectivity index (χ0n) is 13.0. The van der Waals surface area contributed by atoms with Gasteiger partial charge in [-0.25, -0.2) is 4.79 Å². The van der Waals surface area contributed by atoms with Crippen LogP contribution in [0.3, 0.4) is 0 Å². The van der Waals surface area contributed by atoms with Crippen molar-refractivity contribution in [3.05, 3.63) is 29.8 Å². The van der Waals surface area contributed by atoms with E-state index in [4.69, 9.17) is 9.47 Å². The van der Waals surface area contributed by atoms with Crippen LogP contribution in [0.2, 0.25) is 0 Å². The molecule has 1 fully saturated rings. The zero-order valence-corrected chi connectivity index (χ0v) is 13.0. The van der Waals surface area contributed by atoms with Crippen LogP contribution in [0.25, 0.3) is 0 Å². The lowest BCUT2D eigenvalue weighted by molar-refractivity contribution is -0.311. The van der Waals surface area contributed by atoms with Crippen LogP contribution in [-0.4, -0.2) is 51.3 Å². The lowest BCUT2D eigenvalue weighted by Gasteiger charge is -2.48. The van der Waals surface area contributed by atoms with Crippen molar-refractivity contribution in [2.24, 2.45) is 0 Å². The smallest absolute Gasteiger partial charge is 0.421 e. The summed E-state index contributed by atoms with van der Waals surface area (Å²) in [4.78, 5) is 12.9. The zero-order chi connectivity index (χ0) is 17.3. The van der Waals surface area contributed by atoms with Crippen molar-refractivity contribution in [2.75, 3.05) is 32.3 Å². The second-order valence-corrected chi connectivity index (χ2v) is 5.27. The highest BCUT2D eigenvalue weighted by Crippen LogP contribution is 2.41. The summed E-state index contributed by atoms with van der Waals surface area (Å²) in [6.07, 6.45) is -5.92. The van der Waals surface area contributed by atoms with Crippen molar-refractivity contribution in [2.45, 2.75) is 24.9 Å². The maximum atomic E-state index is 13.4. The molecule has 0 aromatic heterocycles. The van der Waals surface area contributed by atoms with Gasteiger partial charge >= 0.3 is 12.1 Å². The van der Waals surface area contributed by atoms with Gasteiger partial charge in [0.25, 0.3) is 0 Å². The average Bonchev–Trinajstić information content (AvgIpc) is 2.53. The number of hydrogen-bond acceptors (Lipinski definition) is 5. The molecule has 2 unspecified atom stereocenters. The molecule has 0 saturated carbocycles. The van der Waals surface area contributed by atoms with Gasteiger partial charge in [0.2, 0.25) is 5.60 Å². The molecular weight excluding hydrogens is 315 g/mol. The van der Waals surface area contributed by atoms with E-state index in [0.29, 0.717) is 11.3 Å². The van der Waals surface area contributed by atoms with Crippen LogP contribution in [0.15, 0.2) is 24.3 Å². The fourth-order valence-corrected chi connectivity index (χ4v) is 2.59. The number of hydrogen-bond donors (Lipinski definition) is 0. The van der Waals surface area contributed by atoms with E-state index < -0.39 is 24.0 Å². The fourth-order valence-electron chi connectivity index (χ4n) is 2.59. The van der Waals surface area contributed by atoms with Crippen molar-refractivity contribution in [3.63, 3.8) is 0 Å². The van der Waals surface area contributed by atoms with E-state index in [1.54, 1.807) is 12.1 Å². The molecule has 5 nitrogen and oxygen atoms in total. The normalized spacial score (nSPS) is 25.3. The first-order valence-corrected chi connectivity index (χ1v) is 6.93. The Bertz CT molecular complexity index is 561. The number of rotatable bonds is 3. The molecule has 23 heavy (non-hydrogen) atoms. The van der Waals surface area contributed by atoms with E-state index in [9.17, 15) is 18.0 Å². The Morgan fingerprint density at radius 2 is 1.91 bits per heavy atom. The molecule has 1 aromatic rings. The third kappa shape index (κ3) is 3.13. The Hall–Kier alpha value is -1.80. The Kier molecular flexibility index (Phi) is 4.86. The lowest BCUT2D eigenvalue weighted by atomic mass is 9.99. The number of morpholine rings is 1. The summed E-state index contributed by atoms with van der Waals surface area (Å²) in [7, 11) is 2.47. The molecule has 8 heteroatoms. The van der Waals surface area contributed by atoms with Crippen molar-refractivity contribution in [1.29, 1.82) is 0 Å². The molecule has 0 amide bonds. The summed E-state index contributed by atoms with van der Waals surface area (Å²) in [5.41, 5.74) is -1.62. The standard InChI is InChI=1S/C15H18F3NO4/c1-14(15(16,17)18)13(22-3)19(8-9-23-14)11-6-4-10(5-7-11)12(20)21-2/h4-7,13H,8-9H2,1-3H3. The molecule has 1 aromatic carbocycles. The van der Waals surface area contributed by atoms with Crippen molar-refractivity contribution >= 4 is 11.7 Å². The Morgan fingerprint density at radius 3 is 2.39 bits per heavy atom. The molecule has 0 aliphatic carbocycles. The topological polar surface area (TPSA) is 48.0 Å². The monoisotopic (exact) mass is 333 g/mol. The van der Waals surface area contributed by atoms with E-state index in [-0.39, 0.29) is 13.2 Å². The first kappa shape index (κ1) is 17.6. The summed E-state index contributed by atoms with van der Waals surface area (Å²) in [6.45, 7) is 1.12. The quantitative estimate of drug-likeness (QED) is 0.796. The van der Waals surface area contributed by atoms with Crippen molar-refractivity contribution in [3.8, 4) is 0 Å². The highest BCUT2D eigenvalue weighted by Gasteiger charge is 2.61. The lowest BCUT2D eigenvalue weighted by Crippen LogP contribution is -2.65. The average molecular weight is 333 g/mol. The highest BCUT2D eigenvalue weighted by molar-refractivity contribution is 5.89. The van der Waals surface area contributed by atoms with Crippen LogP contribution in [0, 0.1) is 0 Å². The molecule has 2 atom stereocenters. The number of esters is 1. The molecule has 0 bridgehead atoms. The number of alkyl halides is 3.